The van der Waals surface area contributed by atoms with Gasteiger partial charge in [0.05, 0.1) is 7.11 Å². The fraction of sp³-hybridized carbons (Fsp3) is 0.0909. The van der Waals surface area contributed by atoms with E-state index in [1.165, 1.54) is 24.5 Å². The van der Waals surface area contributed by atoms with Crippen molar-refractivity contribution < 1.29 is 9.13 Å². The van der Waals surface area contributed by atoms with Gasteiger partial charge in [0.1, 0.15) is 0 Å². The summed E-state index contributed by atoms with van der Waals surface area (Å²) in [5.74, 6) is -0.0400. The Morgan fingerprint density at radius 2 is 2.21 bits per heavy atom. The molecule has 0 unspecified atom stereocenters. The first-order chi connectivity index (χ1) is 6.83. The minimum atomic E-state index is -0.335. The van der Waals surface area contributed by atoms with Gasteiger partial charge in [0.25, 0.3) is 0 Å². The van der Waals surface area contributed by atoms with Gasteiger partial charge in [-0.05, 0) is 24.3 Å². The molecule has 0 amide bonds. The summed E-state index contributed by atoms with van der Waals surface area (Å²) >= 11 is 1.44. The van der Waals surface area contributed by atoms with Crippen LogP contribution in [0.5, 0.6) is 5.75 Å². The number of hydrogen-bond acceptors (Lipinski definition) is 2. The summed E-state index contributed by atoms with van der Waals surface area (Å²) in [7, 11) is 1.47. The fourth-order valence-electron chi connectivity index (χ4n) is 1.30. The molecule has 0 N–H and O–H groups in total. The second-order valence-corrected chi connectivity index (χ2v) is 3.62. The molecule has 0 aliphatic rings. The standard InChI is InChI=1S/C11H8FOS/c1-13-11-8(4-2-5-9(11)12)10-6-3-7-14-10/h2-6H,1H3. The van der Waals surface area contributed by atoms with Crippen molar-refractivity contribution in [2.75, 3.05) is 7.11 Å². The minimum Gasteiger partial charge on any atom is -0.493 e. The Kier molecular flexibility index (Phi) is 2.50. The first kappa shape index (κ1) is 9.21. The lowest BCUT2D eigenvalue weighted by Crippen LogP contribution is -1.90. The molecular weight excluding hydrogens is 199 g/mol. The van der Waals surface area contributed by atoms with Gasteiger partial charge in [0.2, 0.25) is 0 Å². The van der Waals surface area contributed by atoms with Gasteiger partial charge in [-0.1, -0.05) is 6.07 Å². The highest BCUT2D eigenvalue weighted by atomic mass is 32.1. The van der Waals surface area contributed by atoms with Gasteiger partial charge in [-0.2, -0.15) is 0 Å². The molecule has 2 aromatic rings. The zero-order valence-corrected chi connectivity index (χ0v) is 8.40. The molecule has 0 saturated carbocycles. The number of para-hydroxylation sites is 1. The van der Waals surface area contributed by atoms with Crippen LogP contribution in [-0.4, -0.2) is 7.11 Å². The molecule has 0 aliphatic heterocycles. The van der Waals surface area contributed by atoms with Crippen LogP contribution in [0, 0.1) is 11.2 Å². The Balaban J connectivity index is 2.58. The van der Waals surface area contributed by atoms with Crippen LogP contribution in [0.3, 0.4) is 0 Å². The van der Waals surface area contributed by atoms with E-state index in [1.807, 2.05) is 18.2 Å². The highest BCUT2D eigenvalue weighted by Crippen LogP contribution is 2.34. The molecule has 0 bridgehead atoms. The summed E-state index contributed by atoms with van der Waals surface area (Å²) in [5, 5.41) is 2.96. The van der Waals surface area contributed by atoms with Crippen molar-refractivity contribution in [2.24, 2.45) is 0 Å². The smallest absolute Gasteiger partial charge is 0.165 e. The third-order valence-corrected chi connectivity index (χ3v) is 2.74. The summed E-state index contributed by atoms with van der Waals surface area (Å²) in [6.07, 6.45) is 0. The average molecular weight is 207 g/mol. The molecular formula is C11H8FOS. The molecule has 3 heteroatoms. The Labute approximate surface area is 85.8 Å². The number of methoxy groups -OCH3 is 1. The van der Waals surface area contributed by atoms with E-state index >= 15 is 0 Å². The molecule has 1 heterocycles. The first-order valence-electron chi connectivity index (χ1n) is 4.11. The molecule has 0 saturated heterocycles. The van der Waals surface area contributed by atoms with Crippen molar-refractivity contribution in [2.45, 2.75) is 0 Å². The van der Waals surface area contributed by atoms with E-state index in [1.54, 1.807) is 6.07 Å². The average Bonchev–Trinajstić information content (AvgIpc) is 2.70. The number of thiophene rings is 1. The van der Waals surface area contributed by atoms with Gasteiger partial charge in [0.15, 0.2) is 11.6 Å². The maximum Gasteiger partial charge on any atom is 0.165 e. The lowest BCUT2D eigenvalue weighted by molar-refractivity contribution is 0.388. The quantitative estimate of drug-likeness (QED) is 0.733. The number of rotatable bonds is 2. The zero-order chi connectivity index (χ0) is 9.97. The van der Waals surface area contributed by atoms with Crippen LogP contribution < -0.4 is 4.74 Å². The molecule has 0 aliphatic carbocycles. The molecule has 0 spiro atoms. The van der Waals surface area contributed by atoms with Crippen molar-refractivity contribution in [3.05, 3.63) is 41.5 Å². The molecule has 1 radical (unpaired) electrons. The Hall–Kier alpha value is -1.35. The van der Waals surface area contributed by atoms with Crippen molar-refractivity contribution >= 4 is 11.3 Å². The second kappa shape index (κ2) is 3.80. The lowest BCUT2D eigenvalue weighted by atomic mass is 10.1. The molecule has 0 atom stereocenters. The van der Waals surface area contributed by atoms with Crippen LogP contribution in [0.15, 0.2) is 30.3 Å². The summed E-state index contributed by atoms with van der Waals surface area (Å²) in [5.41, 5.74) is 0.777. The van der Waals surface area contributed by atoms with E-state index in [9.17, 15) is 4.39 Å². The van der Waals surface area contributed by atoms with Gasteiger partial charge in [0, 0.05) is 15.8 Å². The monoisotopic (exact) mass is 207 g/mol. The second-order valence-electron chi connectivity index (χ2n) is 2.74. The van der Waals surface area contributed by atoms with E-state index < -0.39 is 0 Å². The zero-order valence-electron chi connectivity index (χ0n) is 7.58. The van der Waals surface area contributed by atoms with Crippen LogP contribution >= 0.6 is 11.3 Å². The number of benzene rings is 1. The Morgan fingerprint density at radius 3 is 2.86 bits per heavy atom. The Bertz CT molecular complexity index is 423. The predicted octanol–water partition coefficient (Wildman–Crippen LogP) is 3.36. The van der Waals surface area contributed by atoms with E-state index in [4.69, 9.17) is 4.74 Å². The number of halogens is 1. The van der Waals surface area contributed by atoms with Gasteiger partial charge < -0.3 is 4.74 Å². The highest BCUT2D eigenvalue weighted by Gasteiger charge is 2.10. The SMILES string of the molecule is COc1c(F)cccc1-c1cc[c]s1. The van der Waals surface area contributed by atoms with E-state index in [0.29, 0.717) is 5.75 Å². The minimum absolute atomic E-state index is 0.295. The van der Waals surface area contributed by atoms with Crippen molar-refractivity contribution in [3.8, 4) is 16.2 Å². The number of ether oxygens (including phenoxy) is 1. The van der Waals surface area contributed by atoms with E-state index in [-0.39, 0.29) is 5.82 Å². The molecule has 2 rings (SSSR count). The molecule has 0 fully saturated rings. The molecule has 14 heavy (non-hydrogen) atoms. The summed E-state index contributed by atoms with van der Waals surface area (Å²) in [6, 6.07) is 8.60. The van der Waals surface area contributed by atoms with Crippen molar-refractivity contribution in [1.29, 1.82) is 0 Å². The van der Waals surface area contributed by atoms with E-state index in [0.717, 1.165) is 10.4 Å². The molecule has 1 nitrogen and oxygen atoms in total. The van der Waals surface area contributed by atoms with Crippen LogP contribution in [0.4, 0.5) is 4.39 Å². The van der Waals surface area contributed by atoms with Crippen LogP contribution in [0.25, 0.3) is 10.4 Å². The van der Waals surface area contributed by atoms with Gasteiger partial charge >= 0.3 is 0 Å². The fourth-order valence-corrected chi connectivity index (χ4v) is 1.97. The van der Waals surface area contributed by atoms with E-state index in [2.05, 4.69) is 5.38 Å². The molecule has 71 valence electrons. The third-order valence-electron chi connectivity index (χ3n) is 1.91. The Morgan fingerprint density at radius 1 is 1.36 bits per heavy atom. The lowest BCUT2D eigenvalue weighted by Gasteiger charge is -2.06. The van der Waals surface area contributed by atoms with Crippen LogP contribution in [0.2, 0.25) is 0 Å². The normalized spacial score (nSPS) is 10.1. The number of hydrogen-bond donors (Lipinski definition) is 0. The van der Waals surface area contributed by atoms with Crippen molar-refractivity contribution in [1.82, 2.24) is 0 Å². The molecule has 1 aromatic heterocycles. The largest absolute Gasteiger partial charge is 0.493 e. The van der Waals surface area contributed by atoms with Gasteiger partial charge in [-0.3, -0.25) is 0 Å². The maximum absolute atomic E-state index is 13.3. The van der Waals surface area contributed by atoms with Crippen molar-refractivity contribution in [3.63, 3.8) is 0 Å². The van der Waals surface area contributed by atoms with Gasteiger partial charge in [-0.15, -0.1) is 11.3 Å². The summed E-state index contributed by atoms with van der Waals surface area (Å²) in [4.78, 5) is 0.960. The van der Waals surface area contributed by atoms with Crippen LogP contribution in [0.1, 0.15) is 0 Å². The topological polar surface area (TPSA) is 9.23 Å². The predicted molar refractivity (Wildman–Crippen MR) is 55.1 cm³/mol. The summed E-state index contributed by atoms with van der Waals surface area (Å²) in [6.45, 7) is 0. The third kappa shape index (κ3) is 1.51. The molecule has 1 aromatic carbocycles. The van der Waals surface area contributed by atoms with Gasteiger partial charge in [-0.25, -0.2) is 4.39 Å². The first-order valence-corrected chi connectivity index (χ1v) is 4.93. The summed E-state index contributed by atoms with van der Waals surface area (Å²) < 4.78 is 18.3. The van der Waals surface area contributed by atoms with Crippen LogP contribution in [-0.2, 0) is 0 Å². The highest BCUT2D eigenvalue weighted by molar-refractivity contribution is 7.13. The maximum atomic E-state index is 13.3.